The van der Waals surface area contributed by atoms with Crippen LogP contribution in [0.3, 0.4) is 0 Å². The van der Waals surface area contributed by atoms with Gasteiger partial charge in [-0.1, -0.05) is 25.3 Å². The molecule has 0 radical (unpaired) electrons. The van der Waals surface area contributed by atoms with Crippen LogP contribution >= 0.6 is 0 Å². The highest BCUT2D eigenvalue weighted by Crippen LogP contribution is 2.30. The van der Waals surface area contributed by atoms with Crippen molar-refractivity contribution in [3.63, 3.8) is 0 Å². The molecule has 3 rings (SSSR count). The summed E-state index contributed by atoms with van der Waals surface area (Å²) in [6, 6.07) is 6.81. The molecule has 1 atom stereocenters. The van der Waals surface area contributed by atoms with E-state index in [2.05, 4.69) is 32.5 Å². The lowest BCUT2D eigenvalue weighted by atomic mass is 9.95. The van der Waals surface area contributed by atoms with Crippen molar-refractivity contribution >= 4 is 0 Å². The molecule has 0 aliphatic heterocycles. The van der Waals surface area contributed by atoms with Crippen molar-refractivity contribution in [3.8, 4) is 0 Å². The number of aromatic nitrogens is 3. The molecule has 2 aromatic rings. The summed E-state index contributed by atoms with van der Waals surface area (Å²) in [5.41, 5.74) is 2.33. The topological polar surface area (TPSA) is 43.2 Å². The predicted octanol–water partition coefficient (Wildman–Crippen LogP) is 3.60. The van der Waals surface area contributed by atoms with Gasteiger partial charge in [0.05, 0.1) is 30.4 Å². The zero-order chi connectivity index (χ0) is 16.8. The lowest BCUT2D eigenvalue weighted by Crippen LogP contribution is -2.29. The van der Waals surface area contributed by atoms with Crippen molar-refractivity contribution in [3.05, 3.63) is 48.3 Å². The Kier molecular flexibility index (Phi) is 5.99. The predicted molar refractivity (Wildman–Crippen MR) is 94.7 cm³/mol. The third-order valence-electron chi connectivity index (χ3n) is 5.01. The van der Waals surface area contributed by atoms with Gasteiger partial charge in [0.25, 0.3) is 0 Å². The third kappa shape index (κ3) is 4.02. The zero-order valence-electron chi connectivity index (χ0n) is 14.8. The second kappa shape index (κ2) is 8.40. The van der Waals surface area contributed by atoms with Crippen molar-refractivity contribution in [2.24, 2.45) is 0 Å². The van der Waals surface area contributed by atoms with Gasteiger partial charge in [-0.3, -0.25) is 9.88 Å². The summed E-state index contributed by atoms with van der Waals surface area (Å²) in [5.74, 6) is 0. The van der Waals surface area contributed by atoms with Crippen molar-refractivity contribution < 1.29 is 4.74 Å². The first-order valence-corrected chi connectivity index (χ1v) is 8.90. The van der Waals surface area contributed by atoms with E-state index in [-0.39, 0.29) is 6.04 Å². The molecular weight excluding hydrogens is 300 g/mol. The van der Waals surface area contributed by atoms with Gasteiger partial charge in [-0.15, -0.1) is 0 Å². The summed E-state index contributed by atoms with van der Waals surface area (Å²) in [6.07, 6.45) is 12.4. The van der Waals surface area contributed by atoms with E-state index in [1.807, 2.05) is 30.9 Å². The number of nitrogens with zero attached hydrogens (tertiary/aromatic N) is 4. The number of methoxy groups -OCH3 is 1. The normalized spacial score (nSPS) is 17.3. The number of hydrogen-bond donors (Lipinski definition) is 0. The average Bonchev–Trinajstić information content (AvgIpc) is 3.09. The van der Waals surface area contributed by atoms with Crippen LogP contribution in [0.4, 0.5) is 0 Å². The van der Waals surface area contributed by atoms with E-state index in [0.717, 1.165) is 12.2 Å². The van der Waals surface area contributed by atoms with Crippen LogP contribution in [0.1, 0.15) is 55.6 Å². The van der Waals surface area contributed by atoms with Gasteiger partial charge in [0.2, 0.25) is 0 Å². The van der Waals surface area contributed by atoms with Crippen LogP contribution in [0, 0.1) is 0 Å². The molecule has 1 aliphatic rings. The lowest BCUT2D eigenvalue weighted by molar-refractivity contribution is 0.0980. The summed E-state index contributed by atoms with van der Waals surface area (Å²) in [5, 5.41) is 0. The third-order valence-corrected chi connectivity index (χ3v) is 5.01. The molecule has 0 amide bonds. The molecule has 5 heteroatoms. The van der Waals surface area contributed by atoms with Gasteiger partial charge in [-0.05, 0) is 32.0 Å². The first-order valence-electron chi connectivity index (χ1n) is 8.90. The molecule has 0 saturated heterocycles. The molecule has 24 heavy (non-hydrogen) atoms. The van der Waals surface area contributed by atoms with Gasteiger partial charge in [0, 0.05) is 32.1 Å². The van der Waals surface area contributed by atoms with Crippen LogP contribution in [0.5, 0.6) is 0 Å². The number of ether oxygens (including phenoxy) is 1. The Bertz CT molecular complexity index is 607. The van der Waals surface area contributed by atoms with Crippen molar-refractivity contribution in [1.82, 2.24) is 19.4 Å². The highest BCUT2D eigenvalue weighted by molar-refractivity contribution is 5.10. The molecule has 0 aromatic carbocycles. The molecule has 130 valence electrons. The first-order chi connectivity index (χ1) is 11.8. The SMILES string of the molecule is COC[C@@H](c1ccccn1)N(C)Cc1cncn1C1CCCCC1. The molecule has 2 heterocycles. The first kappa shape index (κ1) is 17.1. The minimum atomic E-state index is 0.144. The van der Waals surface area contributed by atoms with E-state index in [9.17, 15) is 0 Å². The van der Waals surface area contributed by atoms with Gasteiger partial charge >= 0.3 is 0 Å². The van der Waals surface area contributed by atoms with Crippen molar-refractivity contribution in [2.45, 2.75) is 50.7 Å². The molecule has 1 aliphatic carbocycles. The molecule has 1 saturated carbocycles. The smallest absolute Gasteiger partial charge is 0.0951 e. The van der Waals surface area contributed by atoms with E-state index >= 15 is 0 Å². The summed E-state index contributed by atoms with van der Waals surface area (Å²) in [6.45, 7) is 1.48. The summed E-state index contributed by atoms with van der Waals surface area (Å²) < 4.78 is 7.83. The van der Waals surface area contributed by atoms with Gasteiger partial charge in [-0.25, -0.2) is 4.98 Å². The molecule has 0 bridgehead atoms. The Morgan fingerprint density at radius 3 is 2.83 bits per heavy atom. The fourth-order valence-electron chi connectivity index (χ4n) is 3.68. The lowest BCUT2D eigenvalue weighted by Gasteiger charge is -2.29. The monoisotopic (exact) mass is 328 g/mol. The largest absolute Gasteiger partial charge is 0.383 e. The summed E-state index contributed by atoms with van der Waals surface area (Å²) >= 11 is 0. The Hall–Kier alpha value is -1.72. The van der Waals surface area contributed by atoms with Crippen molar-refractivity contribution in [2.75, 3.05) is 20.8 Å². The molecule has 2 aromatic heterocycles. The molecule has 5 nitrogen and oxygen atoms in total. The Morgan fingerprint density at radius 1 is 1.29 bits per heavy atom. The molecule has 0 spiro atoms. The van der Waals surface area contributed by atoms with E-state index in [1.165, 1.54) is 37.8 Å². The van der Waals surface area contributed by atoms with Crippen LogP contribution in [0.2, 0.25) is 0 Å². The quantitative estimate of drug-likeness (QED) is 0.779. The second-order valence-corrected chi connectivity index (χ2v) is 6.72. The van der Waals surface area contributed by atoms with Crippen molar-refractivity contribution in [1.29, 1.82) is 0 Å². The highest BCUT2D eigenvalue weighted by atomic mass is 16.5. The number of hydrogen-bond acceptors (Lipinski definition) is 4. The van der Waals surface area contributed by atoms with Gasteiger partial charge in [0.15, 0.2) is 0 Å². The standard InChI is InChI=1S/C19H28N4O/c1-22(19(14-24-2)18-10-6-7-11-21-18)13-17-12-20-15-23(17)16-8-4-3-5-9-16/h6-7,10-12,15-16,19H,3-5,8-9,13-14H2,1-2H3/t19-/m0/s1. The molecule has 0 N–H and O–H groups in total. The Morgan fingerprint density at radius 2 is 2.12 bits per heavy atom. The van der Waals surface area contributed by atoms with Crippen LogP contribution in [-0.4, -0.2) is 40.2 Å². The average molecular weight is 328 g/mol. The highest BCUT2D eigenvalue weighted by Gasteiger charge is 2.22. The van der Waals surface area contributed by atoms with E-state index < -0.39 is 0 Å². The minimum Gasteiger partial charge on any atom is -0.383 e. The summed E-state index contributed by atoms with van der Waals surface area (Å²) in [7, 11) is 3.88. The van der Waals surface area contributed by atoms with Gasteiger partial charge < -0.3 is 9.30 Å². The van der Waals surface area contributed by atoms with E-state index in [1.54, 1.807) is 7.11 Å². The maximum Gasteiger partial charge on any atom is 0.0951 e. The van der Waals surface area contributed by atoms with Crippen LogP contribution in [0.15, 0.2) is 36.9 Å². The Balaban J connectivity index is 1.73. The maximum atomic E-state index is 5.44. The van der Waals surface area contributed by atoms with Gasteiger partial charge in [-0.2, -0.15) is 0 Å². The van der Waals surface area contributed by atoms with E-state index in [0.29, 0.717) is 12.6 Å². The van der Waals surface area contributed by atoms with Crippen LogP contribution in [-0.2, 0) is 11.3 Å². The van der Waals surface area contributed by atoms with Crippen LogP contribution < -0.4 is 0 Å². The molecule has 0 unspecified atom stereocenters. The maximum absolute atomic E-state index is 5.44. The minimum absolute atomic E-state index is 0.144. The zero-order valence-corrected chi connectivity index (χ0v) is 14.8. The number of likely N-dealkylation sites (N-methyl/N-ethyl adjacent to an activating group) is 1. The fraction of sp³-hybridized carbons (Fsp3) is 0.579. The molecular formula is C19H28N4O. The number of imidazole rings is 1. The molecule has 1 fully saturated rings. The van der Waals surface area contributed by atoms with Gasteiger partial charge in [0.1, 0.15) is 0 Å². The van der Waals surface area contributed by atoms with E-state index in [4.69, 9.17) is 4.74 Å². The second-order valence-electron chi connectivity index (χ2n) is 6.72. The fourth-order valence-corrected chi connectivity index (χ4v) is 3.68. The Labute approximate surface area is 144 Å². The number of pyridine rings is 1. The summed E-state index contributed by atoms with van der Waals surface area (Å²) in [4.78, 5) is 11.2. The van der Waals surface area contributed by atoms with Crippen LogP contribution in [0.25, 0.3) is 0 Å². The number of rotatable bonds is 7.